The van der Waals surface area contributed by atoms with E-state index in [2.05, 4.69) is 10.3 Å². The molecule has 1 unspecified atom stereocenters. The number of anilines is 1. The average Bonchev–Trinajstić information content (AvgIpc) is 2.99. The minimum atomic E-state index is -0.901. The molecular weight excluding hydrogens is 271 g/mol. The van der Waals surface area contributed by atoms with E-state index in [0.29, 0.717) is 12.1 Å². The summed E-state index contributed by atoms with van der Waals surface area (Å²) < 4.78 is -0.901. The summed E-state index contributed by atoms with van der Waals surface area (Å²) >= 11 is 11.8. The Balaban J connectivity index is 1.89. The van der Waals surface area contributed by atoms with Crippen LogP contribution < -0.4 is 5.32 Å². The van der Waals surface area contributed by atoms with Gasteiger partial charge in [-0.25, -0.2) is 0 Å². The van der Waals surface area contributed by atoms with Crippen LogP contribution >= 0.6 is 23.2 Å². The first-order valence-electron chi connectivity index (χ1n) is 5.60. The lowest BCUT2D eigenvalue weighted by Gasteiger charge is -2.07. The van der Waals surface area contributed by atoms with Crippen LogP contribution in [0.4, 0.5) is 5.69 Å². The maximum Gasteiger partial charge on any atom is 0.230 e. The molecule has 0 radical (unpaired) electrons. The standard InChI is InChI=1S/C13H10Cl2N2O/c14-13(15)7-9(13)12(18)17-10-5-1-3-8-4-2-6-16-11(8)10/h1-6,9H,7H2,(H,17,18). The van der Waals surface area contributed by atoms with Crippen molar-refractivity contribution in [2.75, 3.05) is 5.32 Å². The number of carbonyl (C=O) groups excluding carboxylic acids is 1. The molecule has 1 fully saturated rings. The number of pyridine rings is 1. The number of fused-ring (bicyclic) bond motifs is 1. The maximum absolute atomic E-state index is 11.9. The van der Waals surface area contributed by atoms with E-state index in [0.717, 1.165) is 10.9 Å². The minimum absolute atomic E-state index is 0.154. The minimum Gasteiger partial charge on any atom is -0.324 e. The quantitative estimate of drug-likeness (QED) is 0.857. The Labute approximate surface area is 114 Å². The van der Waals surface area contributed by atoms with E-state index in [1.165, 1.54) is 0 Å². The van der Waals surface area contributed by atoms with E-state index in [9.17, 15) is 4.79 Å². The summed E-state index contributed by atoms with van der Waals surface area (Å²) in [4.78, 5) is 16.2. The van der Waals surface area contributed by atoms with Crippen molar-refractivity contribution in [2.24, 2.45) is 5.92 Å². The molecule has 5 heteroatoms. The molecule has 1 aliphatic rings. The third-order valence-corrected chi connectivity index (χ3v) is 3.87. The molecular formula is C13H10Cl2N2O. The van der Waals surface area contributed by atoms with Crippen LogP contribution in [0, 0.1) is 5.92 Å². The van der Waals surface area contributed by atoms with E-state index >= 15 is 0 Å². The van der Waals surface area contributed by atoms with Gasteiger partial charge in [-0.2, -0.15) is 0 Å². The lowest BCUT2D eigenvalue weighted by Crippen LogP contribution is -2.17. The van der Waals surface area contributed by atoms with Crippen molar-refractivity contribution >= 4 is 45.7 Å². The van der Waals surface area contributed by atoms with Gasteiger partial charge in [0.1, 0.15) is 4.33 Å². The number of rotatable bonds is 2. The normalized spacial score (nSPS) is 20.7. The summed E-state index contributed by atoms with van der Waals surface area (Å²) in [6.07, 6.45) is 2.20. The van der Waals surface area contributed by atoms with Gasteiger partial charge < -0.3 is 5.32 Å². The van der Waals surface area contributed by atoms with Gasteiger partial charge in [-0.3, -0.25) is 9.78 Å². The second-order valence-electron chi connectivity index (χ2n) is 4.39. The van der Waals surface area contributed by atoms with E-state index in [-0.39, 0.29) is 11.8 Å². The van der Waals surface area contributed by atoms with Crippen LogP contribution in [-0.2, 0) is 4.79 Å². The number of halogens is 2. The Kier molecular flexibility index (Phi) is 2.68. The zero-order chi connectivity index (χ0) is 12.8. The molecule has 1 heterocycles. The lowest BCUT2D eigenvalue weighted by molar-refractivity contribution is -0.117. The molecule has 3 nitrogen and oxygen atoms in total. The zero-order valence-electron chi connectivity index (χ0n) is 9.36. The molecule has 1 aromatic heterocycles. The second-order valence-corrected chi connectivity index (χ2v) is 5.93. The highest BCUT2D eigenvalue weighted by Crippen LogP contribution is 2.53. The molecule has 1 aromatic carbocycles. The smallest absolute Gasteiger partial charge is 0.230 e. The van der Waals surface area contributed by atoms with Gasteiger partial charge in [0, 0.05) is 11.6 Å². The fraction of sp³-hybridized carbons (Fsp3) is 0.231. The number of para-hydroxylation sites is 1. The monoisotopic (exact) mass is 280 g/mol. The van der Waals surface area contributed by atoms with Gasteiger partial charge in [-0.15, -0.1) is 23.2 Å². The fourth-order valence-electron chi connectivity index (χ4n) is 1.92. The molecule has 0 spiro atoms. The molecule has 92 valence electrons. The van der Waals surface area contributed by atoms with Crippen LogP contribution in [0.1, 0.15) is 6.42 Å². The van der Waals surface area contributed by atoms with Crippen LogP contribution in [0.2, 0.25) is 0 Å². The molecule has 0 bridgehead atoms. The number of carbonyl (C=O) groups is 1. The molecule has 1 N–H and O–H groups in total. The lowest BCUT2D eigenvalue weighted by atomic mass is 10.2. The predicted molar refractivity (Wildman–Crippen MR) is 72.9 cm³/mol. The summed E-state index contributed by atoms with van der Waals surface area (Å²) in [5.74, 6) is -0.488. The average molecular weight is 281 g/mol. The number of hydrogen-bond acceptors (Lipinski definition) is 2. The summed E-state index contributed by atoms with van der Waals surface area (Å²) in [7, 11) is 0. The highest BCUT2D eigenvalue weighted by atomic mass is 35.5. The van der Waals surface area contributed by atoms with E-state index in [4.69, 9.17) is 23.2 Å². The molecule has 1 atom stereocenters. The highest BCUT2D eigenvalue weighted by molar-refractivity contribution is 6.52. The number of aromatic nitrogens is 1. The van der Waals surface area contributed by atoms with Crippen molar-refractivity contribution < 1.29 is 4.79 Å². The number of hydrogen-bond donors (Lipinski definition) is 1. The fourth-order valence-corrected chi connectivity index (χ4v) is 2.43. The predicted octanol–water partition coefficient (Wildman–Crippen LogP) is 3.37. The molecule has 0 aliphatic heterocycles. The number of amides is 1. The van der Waals surface area contributed by atoms with Crippen LogP contribution in [0.15, 0.2) is 36.5 Å². The van der Waals surface area contributed by atoms with Crippen molar-refractivity contribution in [2.45, 2.75) is 10.8 Å². The Morgan fingerprint density at radius 3 is 2.78 bits per heavy atom. The Morgan fingerprint density at radius 2 is 2.06 bits per heavy atom. The van der Waals surface area contributed by atoms with Crippen LogP contribution in [0.5, 0.6) is 0 Å². The Morgan fingerprint density at radius 1 is 1.33 bits per heavy atom. The van der Waals surface area contributed by atoms with Gasteiger partial charge in [0.15, 0.2) is 0 Å². The van der Waals surface area contributed by atoms with Crippen molar-refractivity contribution in [1.82, 2.24) is 4.98 Å². The summed E-state index contributed by atoms with van der Waals surface area (Å²) in [5, 5.41) is 3.81. The molecule has 1 aliphatic carbocycles. The molecule has 3 rings (SSSR count). The topological polar surface area (TPSA) is 42.0 Å². The van der Waals surface area contributed by atoms with E-state index in [1.54, 1.807) is 6.20 Å². The van der Waals surface area contributed by atoms with Crippen molar-refractivity contribution in [1.29, 1.82) is 0 Å². The Hall–Kier alpha value is -1.32. The summed E-state index contributed by atoms with van der Waals surface area (Å²) in [6, 6.07) is 9.45. The van der Waals surface area contributed by atoms with Crippen LogP contribution in [-0.4, -0.2) is 15.2 Å². The van der Waals surface area contributed by atoms with Gasteiger partial charge in [0.25, 0.3) is 0 Å². The largest absolute Gasteiger partial charge is 0.324 e. The van der Waals surface area contributed by atoms with Gasteiger partial charge >= 0.3 is 0 Å². The Bertz CT molecular complexity index is 622. The number of benzene rings is 1. The van der Waals surface area contributed by atoms with E-state index < -0.39 is 4.33 Å². The van der Waals surface area contributed by atoms with Crippen molar-refractivity contribution in [3.8, 4) is 0 Å². The van der Waals surface area contributed by atoms with E-state index in [1.807, 2.05) is 30.3 Å². The molecule has 0 saturated heterocycles. The second kappa shape index (κ2) is 4.11. The molecule has 1 saturated carbocycles. The van der Waals surface area contributed by atoms with Gasteiger partial charge in [0.05, 0.1) is 17.1 Å². The molecule has 1 amide bonds. The van der Waals surface area contributed by atoms with Gasteiger partial charge in [0.2, 0.25) is 5.91 Å². The maximum atomic E-state index is 11.9. The first kappa shape index (κ1) is 11.8. The highest BCUT2D eigenvalue weighted by Gasteiger charge is 2.56. The first-order chi connectivity index (χ1) is 8.58. The van der Waals surface area contributed by atoms with Gasteiger partial charge in [-0.05, 0) is 18.6 Å². The number of nitrogens with zero attached hydrogens (tertiary/aromatic N) is 1. The molecule has 18 heavy (non-hydrogen) atoms. The zero-order valence-corrected chi connectivity index (χ0v) is 10.9. The van der Waals surface area contributed by atoms with Gasteiger partial charge in [-0.1, -0.05) is 18.2 Å². The van der Waals surface area contributed by atoms with Crippen LogP contribution in [0.25, 0.3) is 10.9 Å². The summed E-state index contributed by atoms with van der Waals surface area (Å²) in [6.45, 7) is 0. The first-order valence-corrected chi connectivity index (χ1v) is 6.36. The molecule has 2 aromatic rings. The number of nitrogens with one attached hydrogen (secondary N) is 1. The van der Waals surface area contributed by atoms with Crippen molar-refractivity contribution in [3.63, 3.8) is 0 Å². The van der Waals surface area contributed by atoms with Crippen LogP contribution in [0.3, 0.4) is 0 Å². The third-order valence-electron chi connectivity index (χ3n) is 3.03. The number of alkyl halides is 2. The third kappa shape index (κ3) is 2.04. The van der Waals surface area contributed by atoms with Crippen molar-refractivity contribution in [3.05, 3.63) is 36.5 Å². The summed E-state index contributed by atoms with van der Waals surface area (Å²) in [5.41, 5.74) is 1.46. The SMILES string of the molecule is O=C(Nc1cccc2cccnc12)C1CC1(Cl)Cl.